The lowest BCUT2D eigenvalue weighted by molar-refractivity contribution is -0.131. The number of hydrogen-bond acceptors (Lipinski definition) is 3. The monoisotopic (exact) mass is 211 g/mol. The molecule has 0 radical (unpaired) electrons. The first-order chi connectivity index (χ1) is 7.21. The lowest BCUT2D eigenvalue weighted by atomic mass is 10.4. The number of aliphatic hydroxyl groups excluding tert-OH is 1. The van der Waals surface area contributed by atoms with Crippen molar-refractivity contribution >= 4 is 5.91 Å². The first-order valence-corrected chi connectivity index (χ1v) is 5.10. The highest BCUT2D eigenvalue weighted by atomic mass is 16.3. The molecule has 0 unspecified atom stereocenters. The van der Waals surface area contributed by atoms with Gasteiger partial charge in [0.25, 0.3) is 0 Å². The summed E-state index contributed by atoms with van der Waals surface area (Å²) >= 11 is 0. The molecular formula is C10H17N3O2. The Morgan fingerprint density at radius 3 is 2.67 bits per heavy atom. The highest BCUT2D eigenvalue weighted by Gasteiger charge is 2.10. The van der Waals surface area contributed by atoms with Crippen molar-refractivity contribution in [2.45, 2.75) is 27.0 Å². The number of aromatic nitrogens is 2. The van der Waals surface area contributed by atoms with Gasteiger partial charge in [-0.1, -0.05) is 0 Å². The number of aliphatic hydroxyl groups is 1. The lowest BCUT2D eigenvalue weighted by Crippen LogP contribution is -2.33. The van der Waals surface area contributed by atoms with Gasteiger partial charge in [0.05, 0.1) is 18.6 Å². The van der Waals surface area contributed by atoms with Gasteiger partial charge in [0.2, 0.25) is 5.91 Å². The van der Waals surface area contributed by atoms with Crippen LogP contribution in [0.3, 0.4) is 0 Å². The van der Waals surface area contributed by atoms with Crippen LogP contribution in [0.1, 0.15) is 19.5 Å². The molecule has 0 aliphatic carbocycles. The van der Waals surface area contributed by atoms with Gasteiger partial charge in [-0.3, -0.25) is 4.79 Å². The predicted octanol–water partition coefficient (Wildman–Crippen LogP) is 0.244. The Kier molecular flexibility index (Phi) is 4.30. The Morgan fingerprint density at radius 1 is 1.53 bits per heavy atom. The maximum Gasteiger partial charge on any atom is 0.242 e. The maximum atomic E-state index is 11.7. The third-order valence-corrected chi connectivity index (χ3v) is 2.28. The second-order valence-corrected chi connectivity index (χ2v) is 3.26. The van der Waals surface area contributed by atoms with Crippen molar-refractivity contribution in [2.75, 3.05) is 13.1 Å². The van der Waals surface area contributed by atoms with Crippen molar-refractivity contribution in [2.24, 2.45) is 0 Å². The van der Waals surface area contributed by atoms with E-state index >= 15 is 0 Å². The average Bonchev–Trinajstić information content (AvgIpc) is 2.67. The molecule has 15 heavy (non-hydrogen) atoms. The normalized spacial score (nSPS) is 10.3. The van der Waals surface area contributed by atoms with E-state index in [1.165, 1.54) is 0 Å². The first kappa shape index (κ1) is 11.7. The molecule has 0 bridgehead atoms. The molecule has 0 atom stereocenters. The number of hydrogen-bond donors (Lipinski definition) is 1. The zero-order valence-electron chi connectivity index (χ0n) is 9.18. The van der Waals surface area contributed by atoms with E-state index in [0.29, 0.717) is 5.69 Å². The van der Waals surface area contributed by atoms with E-state index in [2.05, 4.69) is 4.98 Å². The summed E-state index contributed by atoms with van der Waals surface area (Å²) in [7, 11) is 0. The Morgan fingerprint density at radius 2 is 2.20 bits per heavy atom. The highest BCUT2D eigenvalue weighted by molar-refractivity contribution is 5.75. The maximum absolute atomic E-state index is 11.7. The number of imidazole rings is 1. The van der Waals surface area contributed by atoms with Gasteiger partial charge < -0.3 is 14.6 Å². The Balaban J connectivity index is 2.57. The molecule has 1 aromatic heterocycles. The quantitative estimate of drug-likeness (QED) is 0.759. The molecular weight excluding hydrogens is 194 g/mol. The minimum atomic E-state index is -0.0908. The fraction of sp³-hybridized carbons (Fsp3) is 0.600. The molecule has 0 fully saturated rings. The Bertz CT molecular complexity index is 318. The number of amides is 1. The molecule has 0 aliphatic heterocycles. The molecule has 0 saturated carbocycles. The van der Waals surface area contributed by atoms with Gasteiger partial charge in [-0.15, -0.1) is 0 Å². The number of carbonyl (C=O) groups is 1. The predicted molar refractivity (Wildman–Crippen MR) is 56.1 cm³/mol. The number of rotatable bonds is 5. The van der Waals surface area contributed by atoms with Crippen molar-refractivity contribution in [3.8, 4) is 0 Å². The van der Waals surface area contributed by atoms with Crippen molar-refractivity contribution in [1.29, 1.82) is 0 Å². The van der Waals surface area contributed by atoms with Crippen LogP contribution in [0, 0.1) is 0 Å². The molecule has 0 aromatic carbocycles. The number of nitrogens with zero attached hydrogens (tertiary/aromatic N) is 3. The second-order valence-electron chi connectivity index (χ2n) is 3.26. The van der Waals surface area contributed by atoms with Gasteiger partial charge in [-0.2, -0.15) is 0 Å². The molecule has 5 heteroatoms. The minimum Gasteiger partial charge on any atom is -0.390 e. The van der Waals surface area contributed by atoms with Crippen LogP contribution in [0.2, 0.25) is 0 Å². The smallest absolute Gasteiger partial charge is 0.242 e. The topological polar surface area (TPSA) is 58.4 Å². The van der Waals surface area contributed by atoms with Gasteiger partial charge in [0.1, 0.15) is 6.54 Å². The minimum absolute atomic E-state index is 0.0712. The van der Waals surface area contributed by atoms with E-state index in [1.54, 1.807) is 22.0 Å². The van der Waals surface area contributed by atoms with Crippen LogP contribution < -0.4 is 0 Å². The standard InChI is InChI=1S/C10H17N3O2/c1-3-13(4-2)10(15)6-12-5-9(7-14)11-8-12/h5,8,14H,3-4,6-7H2,1-2H3. The fourth-order valence-electron chi connectivity index (χ4n) is 1.41. The molecule has 1 heterocycles. The van der Waals surface area contributed by atoms with Gasteiger partial charge in [-0.25, -0.2) is 4.98 Å². The van der Waals surface area contributed by atoms with Gasteiger partial charge in [-0.05, 0) is 13.8 Å². The number of likely N-dealkylation sites (N-methyl/N-ethyl adjacent to an activating group) is 1. The molecule has 0 aliphatic rings. The largest absolute Gasteiger partial charge is 0.390 e. The summed E-state index contributed by atoms with van der Waals surface area (Å²) in [6.45, 7) is 5.54. The summed E-state index contributed by atoms with van der Waals surface area (Å²) in [5, 5.41) is 8.82. The van der Waals surface area contributed by atoms with E-state index in [0.717, 1.165) is 13.1 Å². The van der Waals surface area contributed by atoms with Crippen LogP contribution >= 0.6 is 0 Å². The van der Waals surface area contributed by atoms with E-state index in [-0.39, 0.29) is 19.1 Å². The van der Waals surface area contributed by atoms with Crippen LogP contribution in [0.15, 0.2) is 12.5 Å². The van der Waals surface area contributed by atoms with E-state index in [9.17, 15) is 4.79 Å². The molecule has 1 aromatic rings. The van der Waals surface area contributed by atoms with E-state index in [1.807, 2.05) is 13.8 Å². The SMILES string of the molecule is CCN(CC)C(=O)Cn1cnc(CO)c1. The fourth-order valence-corrected chi connectivity index (χ4v) is 1.41. The van der Waals surface area contributed by atoms with E-state index < -0.39 is 0 Å². The summed E-state index contributed by atoms with van der Waals surface area (Å²) in [5.41, 5.74) is 0.586. The molecule has 0 spiro atoms. The lowest BCUT2D eigenvalue weighted by Gasteiger charge is -2.18. The Labute approximate surface area is 89.3 Å². The summed E-state index contributed by atoms with van der Waals surface area (Å²) in [5.74, 6) is 0.0712. The van der Waals surface area contributed by atoms with Crippen LogP contribution in [-0.2, 0) is 17.9 Å². The van der Waals surface area contributed by atoms with Gasteiger partial charge in [0, 0.05) is 19.3 Å². The summed E-state index contributed by atoms with van der Waals surface area (Å²) in [6.07, 6.45) is 3.24. The third kappa shape index (κ3) is 3.06. The molecule has 5 nitrogen and oxygen atoms in total. The molecule has 1 rings (SSSR count). The zero-order chi connectivity index (χ0) is 11.3. The third-order valence-electron chi connectivity index (χ3n) is 2.28. The molecule has 1 N–H and O–H groups in total. The van der Waals surface area contributed by atoms with Crippen LogP contribution in [-0.4, -0.2) is 38.6 Å². The van der Waals surface area contributed by atoms with Crippen molar-refractivity contribution in [3.05, 3.63) is 18.2 Å². The average molecular weight is 211 g/mol. The van der Waals surface area contributed by atoms with Crippen molar-refractivity contribution < 1.29 is 9.90 Å². The molecule has 0 saturated heterocycles. The summed E-state index contributed by atoms with van der Waals surface area (Å²) in [4.78, 5) is 17.4. The Hall–Kier alpha value is -1.36. The van der Waals surface area contributed by atoms with Crippen LogP contribution in [0.25, 0.3) is 0 Å². The van der Waals surface area contributed by atoms with Crippen LogP contribution in [0.5, 0.6) is 0 Å². The number of carbonyl (C=O) groups excluding carboxylic acids is 1. The van der Waals surface area contributed by atoms with Gasteiger partial charge >= 0.3 is 0 Å². The van der Waals surface area contributed by atoms with Gasteiger partial charge in [0.15, 0.2) is 0 Å². The zero-order valence-corrected chi connectivity index (χ0v) is 9.18. The summed E-state index contributed by atoms with van der Waals surface area (Å²) < 4.78 is 1.69. The molecule has 1 amide bonds. The first-order valence-electron chi connectivity index (χ1n) is 5.10. The van der Waals surface area contributed by atoms with Crippen molar-refractivity contribution in [3.63, 3.8) is 0 Å². The second kappa shape index (κ2) is 5.50. The molecule has 84 valence electrons. The van der Waals surface area contributed by atoms with Crippen LogP contribution in [0.4, 0.5) is 0 Å². The van der Waals surface area contributed by atoms with Crippen molar-refractivity contribution in [1.82, 2.24) is 14.5 Å². The highest BCUT2D eigenvalue weighted by Crippen LogP contribution is 1.98. The van der Waals surface area contributed by atoms with E-state index in [4.69, 9.17) is 5.11 Å². The summed E-state index contributed by atoms with van der Waals surface area (Å²) in [6, 6.07) is 0.